The Morgan fingerprint density at radius 3 is 1.28 bits per heavy atom. The van der Waals surface area contributed by atoms with Crippen LogP contribution in [0, 0.1) is 11.8 Å². The monoisotopic (exact) mass is 298 g/mol. The highest BCUT2D eigenvalue weighted by Crippen LogP contribution is 2.28. The third-order valence-electron chi connectivity index (χ3n) is 3.23. The number of hydrogen-bond acceptors (Lipinski definition) is 4. The van der Waals surface area contributed by atoms with Crippen LogP contribution in [0.2, 0.25) is 0 Å². The molecule has 8 heteroatoms. The Bertz CT molecular complexity index is 406. The first-order chi connectivity index (χ1) is 8.16. The molecule has 0 atom stereocenters. The van der Waals surface area contributed by atoms with E-state index in [1.54, 1.807) is 0 Å². The van der Waals surface area contributed by atoms with Gasteiger partial charge in [0, 0.05) is 13.1 Å². The quantitative estimate of drug-likeness (QED) is 0.716. The molecule has 108 valence electrons. The van der Waals surface area contributed by atoms with Crippen molar-refractivity contribution in [3.8, 4) is 0 Å². The summed E-state index contributed by atoms with van der Waals surface area (Å²) >= 11 is 0. The molecular weight excluding hydrogens is 276 g/mol. The van der Waals surface area contributed by atoms with Crippen molar-refractivity contribution in [2.45, 2.75) is 25.7 Å². The van der Waals surface area contributed by atoms with Crippen molar-refractivity contribution in [1.29, 1.82) is 0 Å². The lowest BCUT2D eigenvalue weighted by atomic mass is 9.82. The molecule has 1 aliphatic rings. The minimum Gasteiger partial charge on any atom is -0.215 e. The third-order valence-corrected chi connectivity index (χ3v) is 4.62. The highest BCUT2D eigenvalue weighted by molar-refractivity contribution is 7.89. The predicted octanol–water partition coefficient (Wildman–Crippen LogP) is -0.109. The van der Waals surface area contributed by atoms with Gasteiger partial charge in [0.15, 0.2) is 0 Å². The summed E-state index contributed by atoms with van der Waals surface area (Å²) in [5.74, 6) is 0.739. The molecule has 0 amide bonds. The lowest BCUT2D eigenvalue weighted by molar-refractivity contribution is 0.276. The molecule has 0 unspecified atom stereocenters. The van der Waals surface area contributed by atoms with Crippen LogP contribution in [0.15, 0.2) is 0 Å². The molecule has 0 heterocycles. The standard InChI is InChI=1S/C10H22N2O4S2/c1-17(13,14)11-7-9-3-5-10(6-4-9)8-12-18(2,15)16/h9-12H,3-8H2,1-2H3. The van der Waals surface area contributed by atoms with E-state index < -0.39 is 20.0 Å². The van der Waals surface area contributed by atoms with Crippen LogP contribution in [-0.2, 0) is 20.0 Å². The Kier molecular flexibility index (Phi) is 5.57. The molecule has 0 radical (unpaired) electrons. The fourth-order valence-electron chi connectivity index (χ4n) is 2.18. The van der Waals surface area contributed by atoms with Gasteiger partial charge in [0.25, 0.3) is 0 Å². The number of hydrogen-bond donors (Lipinski definition) is 2. The van der Waals surface area contributed by atoms with Crippen LogP contribution in [0.3, 0.4) is 0 Å². The van der Waals surface area contributed by atoms with E-state index in [-0.39, 0.29) is 0 Å². The number of rotatable bonds is 6. The van der Waals surface area contributed by atoms with Gasteiger partial charge in [0.1, 0.15) is 0 Å². The Labute approximate surface area is 110 Å². The molecule has 0 spiro atoms. The molecule has 1 rings (SSSR count). The summed E-state index contributed by atoms with van der Waals surface area (Å²) < 4.78 is 48.9. The van der Waals surface area contributed by atoms with Crippen molar-refractivity contribution in [2.75, 3.05) is 25.6 Å². The van der Waals surface area contributed by atoms with Crippen molar-refractivity contribution < 1.29 is 16.8 Å². The Morgan fingerprint density at radius 2 is 1.06 bits per heavy atom. The first-order valence-corrected chi connectivity index (χ1v) is 9.83. The van der Waals surface area contributed by atoms with E-state index in [0.717, 1.165) is 38.2 Å². The summed E-state index contributed by atoms with van der Waals surface area (Å²) in [5, 5.41) is 0. The minimum absolute atomic E-state index is 0.370. The van der Waals surface area contributed by atoms with E-state index in [2.05, 4.69) is 9.44 Å². The van der Waals surface area contributed by atoms with Gasteiger partial charge < -0.3 is 0 Å². The normalized spacial score (nSPS) is 26.1. The van der Waals surface area contributed by atoms with E-state index in [9.17, 15) is 16.8 Å². The molecule has 1 saturated carbocycles. The van der Waals surface area contributed by atoms with E-state index in [0.29, 0.717) is 24.9 Å². The predicted molar refractivity (Wildman–Crippen MR) is 71.1 cm³/mol. The zero-order valence-electron chi connectivity index (χ0n) is 10.8. The maximum absolute atomic E-state index is 11.0. The summed E-state index contributed by atoms with van der Waals surface area (Å²) in [6.45, 7) is 0.982. The van der Waals surface area contributed by atoms with Gasteiger partial charge in [-0.2, -0.15) is 0 Å². The minimum atomic E-state index is -3.11. The first kappa shape index (κ1) is 15.9. The van der Waals surface area contributed by atoms with Crippen LogP contribution in [0.25, 0.3) is 0 Å². The zero-order chi connectivity index (χ0) is 13.8. The topological polar surface area (TPSA) is 92.3 Å². The Hall–Kier alpha value is -0.180. The van der Waals surface area contributed by atoms with E-state index >= 15 is 0 Å². The zero-order valence-corrected chi connectivity index (χ0v) is 12.5. The van der Waals surface area contributed by atoms with Crippen molar-refractivity contribution in [2.24, 2.45) is 11.8 Å². The second-order valence-corrected chi connectivity index (χ2v) is 8.79. The smallest absolute Gasteiger partial charge is 0.208 e. The molecule has 1 aliphatic carbocycles. The molecule has 1 fully saturated rings. The molecule has 6 nitrogen and oxygen atoms in total. The summed E-state index contributed by atoms with van der Waals surface area (Å²) in [4.78, 5) is 0. The third kappa shape index (κ3) is 7.30. The second-order valence-electron chi connectivity index (χ2n) is 5.13. The maximum Gasteiger partial charge on any atom is 0.208 e. The van der Waals surface area contributed by atoms with Gasteiger partial charge in [0.2, 0.25) is 20.0 Å². The number of nitrogens with one attached hydrogen (secondary N) is 2. The van der Waals surface area contributed by atoms with Crippen molar-refractivity contribution in [3.05, 3.63) is 0 Å². The Morgan fingerprint density at radius 1 is 0.778 bits per heavy atom. The average Bonchev–Trinajstić information content (AvgIpc) is 2.23. The molecule has 0 bridgehead atoms. The van der Waals surface area contributed by atoms with Crippen LogP contribution in [0.5, 0.6) is 0 Å². The fraction of sp³-hybridized carbons (Fsp3) is 1.00. The molecule has 0 aliphatic heterocycles. The molecule has 0 aromatic carbocycles. The van der Waals surface area contributed by atoms with Gasteiger partial charge in [-0.15, -0.1) is 0 Å². The highest BCUT2D eigenvalue weighted by atomic mass is 32.2. The van der Waals surface area contributed by atoms with Gasteiger partial charge >= 0.3 is 0 Å². The van der Waals surface area contributed by atoms with E-state index in [4.69, 9.17) is 0 Å². The van der Waals surface area contributed by atoms with Crippen LogP contribution in [-0.4, -0.2) is 42.4 Å². The van der Waals surface area contributed by atoms with Gasteiger partial charge in [-0.1, -0.05) is 0 Å². The molecule has 0 saturated heterocycles. The van der Waals surface area contributed by atoms with Gasteiger partial charge in [-0.05, 0) is 37.5 Å². The van der Waals surface area contributed by atoms with Crippen molar-refractivity contribution in [3.63, 3.8) is 0 Å². The summed E-state index contributed by atoms with van der Waals surface area (Å²) in [7, 11) is -6.22. The lowest BCUT2D eigenvalue weighted by Crippen LogP contribution is -2.34. The summed E-state index contributed by atoms with van der Waals surface area (Å²) in [5.41, 5.74) is 0. The van der Waals surface area contributed by atoms with Crippen LogP contribution in [0.1, 0.15) is 25.7 Å². The van der Waals surface area contributed by atoms with Gasteiger partial charge in [-0.3, -0.25) is 0 Å². The number of sulfonamides is 2. The Balaban J connectivity index is 2.25. The van der Waals surface area contributed by atoms with E-state index in [1.165, 1.54) is 0 Å². The van der Waals surface area contributed by atoms with Crippen LogP contribution >= 0.6 is 0 Å². The molecular formula is C10H22N2O4S2. The first-order valence-electron chi connectivity index (χ1n) is 6.05. The average molecular weight is 298 g/mol. The maximum atomic E-state index is 11.0. The molecule has 18 heavy (non-hydrogen) atoms. The van der Waals surface area contributed by atoms with Crippen molar-refractivity contribution in [1.82, 2.24) is 9.44 Å². The summed E-state index contributed by atoms with van der Waals surface area (Å²) in [6, 6.07) is 0. The fourth-order valence-corrected chi connectivity index (χ4v) is 3.26. The second kappa shape index (κ2) is 6.31. The summed E-state index contributed by atoms with van der Waals surface area (Å²) in [6.07, 6.45) is 6.10. The highest BCUT2D eigenvalue weighted by Gasteiger charge is 2.22. The SMILES string of the molecule is CS(=O)(=O)NCC1CCC(CNS(C)(=O)=O)CC1. The molecule has 0 aromatic rings. The lowest BCUT2D eigenvalue weighted by Gasteiger charge is -2.28. The van der Waals surface area contributed by atoms with Crippen LogP contribution in [0.4, 0.5) is 0 Å². The molecule has 2 N–H and O–H groups in total. The van der Waals surface area contributed by atoms with E-state index in [1.807, 2.05) is 0 Å². The van der Waals surface area contributed by atoms with Crippen LogP contribution < -0.4 is 9.44 Å². The largest absolute Gasteiger partial charge is 0.215 e. The molecule has 0 aromatic heterocycles. The van der Waals surface area contributed by atoms with Gasteiger partial charge in [-0.25, -0.2) is 26.3 Å². The van der Waals surface area contributed by atoms with Gasteiger partial charge in [0.05, 0.1) is 12.5 Å². The van der Waals surface area contributed by atoms with Crippen molar-refractivity contribution >= 4 is 20.0 Å².